The van der Waals surface area contributed by atoms with Crippen molar-refractivity contribution in [2.24, 2.45) is 0 Å². The van der Waals surface area contributed by atoms with E-state index in [1.807, 2.05) is 19.9 Å². The second kappa shape index (κ2) is 7.40. The highest BCUT2D eigenvalue weighted by atomic mass is 32.2. The Hall–Kier alpha value is -0.890. The summed E-state index contributed by atoms with van der Waals surface area (Å²) < 4.78 is 34.6. The Balaban J connectivity index is 1.98. The van der Waals surface area contributed by atoms with Crippen LogP contribution in [0.3, 0.4) is 0 Å². The molecule has 1 aliphatic rings. The van der Waals surface area contributed by atoms with Gasteiger partial charge in [0.25, 0.3) is 10.2 Å². The van der Waals surface area contributed by atoms with Gasteiger partial charge in [-0.3, -0.25) is 0 Å². The molecule has 1 atom stereocenters. The lowest BCUT2D eigenvalue weighted by atomic mass is 10.1. The molecular formula is C14H25N3O3S. The van der Waals surface area contributed by atoms with E-state index in [9.17, 15) is 8.42 Å². The smallest absolute Gasteiger partial charge is 0.280 e. The Bertz CT molecular complexity index is 541. The normalized spacial score (nSPS) is 20.8. The van der Waals surface area contributed by atoms with Crippen molar-refractivity contribution in [2.45, 2.75) is 45.7 Å². The van der Waals surface area contributed by atoms with Crippen LogP contribution in [-0.4, -0.2) is 38.4 Å². The van der Waals surface area contributed by atoms with E-state index >= 15 is 0 Å². The van der Waals surface area contributed by atoms with E-state index in [2.05, 4.69) is 10.0 Å². The van der Waals surface area contributed by atoms with Gasteiger partial charge in [0.2, 0.25) is 0 Å². The molecule has 7 heteroatoms. The van der Waals surface area contributed by atoms with Crippen molar-refractivity contribution in [1.29, 1.82) is 0 Å². The molecule has 1 aromatic heterocycles. The van der Waals surface area contributed by atoms with Crippen LogP contribution < -0.4 is 10.0 Å². The molecule has 0 spiro atoms. The Morgan fingerprint density at radius 1 is 1.38 bits per heavy atom. The van der Waals surface area contributed by atoms with Gasteiger partial charge in [0.05, 0.1) is 6.54 Å². The van der Waals surface area contributed by atoms with Gasteiger partial charge in [-0.2, -0.15) is 17.4 Å². The van der Waals surface area contributed by atoms with Crippen LogP contribution in [0.25, 0.3) is 0 Å². The molecule has 2 rings (SSSR count). The van der Waals surface area contributed by atoms with Gasteiger partial charge in [0.15, 0.2) is 0 Å². The van der Waals surface area contributed by atoms with Crippen molar-refractivity contribution in [2.75, 3.05) is 19.6 Å². The summed E-state index contributed by atoms with van der Waals surface area (Å²) in [5, 5.41) is 3.24. The van der Waals surface area contributed by atoms with E-state index in [1.54, 1.807) is 10.4 Å². The Kier molecular flexibility index (Phi) is 5.80. The molecule has 120 valence electrons. The fourth-order valence-electron chi connectivity index (χ4n) is 2.63. The van der Waals surface area contributed by atoms with Crippen LogP contribution in [-0.2, 0) is 16.8 Å². The quantitative estimate of drug-likeness (QED) is 0.797. The molecule has 0 radical (unpaired) electrons. The van der Waals surface area contributed by atoms with E-state index in [-0.39, 0.29) is 12.6 Å². The molecule has 1 unspecified atom stereocenters. The summed E-state index contributed by atoms with van der Waals surface area (Å²) in [7, 11) is -3.47. The largest absolute Gasteiger partial charge is 0.465 e. The van der Waals surface area contributed by atoms with Gasteiger partial charge in [-0.05, 0) is 38.4 Å². The van der Waals surface area contributed by atoms with Crippen LogP contribution in [0.1, 0.15) is 37.7 Å². The number of hydrogen-bond acceptors (Lipinski definition) is 4. The predicted octanol–water partition coefficient (Wildman–Crippen LogP) is 1.39. The maximum Gasteiger partial charge on any atom is 0.280 e. The number of piperidine rings is 1. The van der Waals surface area contributed by atoms with Gasteiger partial charge < -0.3 is 9.73 Å². The number of aryl methyl sites for hydroxylation is 1. The van der Waals surface area contributed by atoms with Gasteiger partial charge in [0.1, 0.15) is 11.5 Å². The van der Waals surface area contributed by atoms with E-state index in [0.717, 1.165) is 31.6 Å². The van der Waals surface area contributed by atoms with Crippen molar-refractivity contribution in [3.63, 3.8) is 0 Å². The van der Waals surface area contributed by atoms with Crippen LogP contribution >= 0.6 is 0 Å². The summed E-state index contributed by atoms with van der Waals surface area (Å²) in [5.74, 6) is 1.42. The van der Waals surface area contributed by atoms with E-state index in [0.29, 0.717) is 18.8 Å². The fourth-order valence-corrected chi connectivity index (χ4v) is 4.06. The third-order valence-corrected chi connectivity index (χ3v) is 5.34. The molecule has 1 aliphatic heterocycles. The average molecular weight is 315 g/mol. The first kappa shape index (κ1) is 16.5. The third kappa shape index (κ3) is 4.54. The molecule has 1 fully saturated rings. The van der Waals surface area contributed by atoms with Crippen LogP contribution in [0.2, 0.25) is 0 Å². The van der Waals surface area contributed by atoms with Crippen LogP contribution in [0.15, 0.2) is 16.5 Å². The maximum atomic E-state index is 12.5. The highest BCUT2D eigenvalue weighted by Gasteiger charge is 2.31. The van der Waals surface area contributed by atoms with Gasteiger partial charge >= 0.3 is 0 Å². The molecule has 0 aromatic carbocycles. The number of nitrogens with one attached hydrogen (secondary N) is 2. The SMILES string of the molecule is CCNCC1CCCCN1S(=O)(=O)NCc1ccc(C)o1. The monoisotopic (exact) mass is 315 g/mol. The van der Waals surface area contributed by atoms with E-state index < -0.39 is 10.2 Å². The fraction of sp³-hybridized carbons (Fsp3) is 0.714. The zero-order chi connectivity index (χ0) is 15.3. The number of nitrogens with zero attached hydrogens (tertiary/aromatic N) is 1. The van der Waals surface area contributed by atoms with Gasteiger partial charge in [-0.15, -0.1) is 0 Å². The maximum absolute atomic E-state index is 12.5. The Morgan fingerprint density at radius 3 is 2.86 bits per heavy atom. The van der Waals surface area contributed by atoms with Crippen molar-refractivity contribution >= 4 is 10.2 Å². The summed E-state index contributed by atoms with van der Waals surface area (Å²) in [6.07, 6.45) is 2.91. The Morgan fingerprint density at radius 2 is 2.19 bits per heavy atom. The van der Waals surface area contributed by atoms with Crippen molar-refractivity contribution in [3.05, 3.63) is 23.7 Å². The van der Waals surface area contributed by atoms with Crippen molar-refractivity contribution < 1.29 is 12.8 Å². The summed E-state index contributed by atoms with van der Waals surface area (Å²) >= 11 is 0. The number of likely N-dealkylation sites (N-methyl/N-ethyl adjacent to an activating group) is 1. The molecule has 2 heterocycles. The molecule has 21 heavy (non-hydrogen) atoms. The minimum Gasteiger partial charge on any atom is -0.465 e. The van der Waals surface area contributed by atoms with Crippen molar-refractivity contribution in [1.82, 2.24) is 14.3 Å². The lowest BCUT2D eigenvalue weighted by molar-refractivity contribution is 0.243. The number of hydrogen-bond donors (Lipinski definition) is 2. The molecule has 0 bridgehead atoms. The molecule has 1 saturated heterocycles. The summed E-state index contributed by atoms with van der Waals surface area (Å²) in [6, 6.07) is 3.66. The van der Waals surface area contributed by atoms with Gasteiger partial charge in [-0.25, -0.2) is 0 Å². The summed E-state index contributed by atoms with van der Waals surface area (Å²) in [6.45, 7) is 6.21. The lowest BCUT2D eigenvalue weighted by Gasteiger charge is -2.34. The zero-order valence-corrected chi connectivity index (χ0v) is 13.6. The molecule has 6 nitrogen and oxygen atoms in total. The number of furan rings is 1. The molecule has 1 aromatic rings. The minimum atomic E-state index is -3.47. The minimum absolute atomic E-state index is 0.0366. The molecular weight excluding hydrogens is 290 g/mol. The average Bonchev–Trinajstić information content (AvgIpc) is 2.89. The lowest BCUT2D eigenvalue weighted by Crippen LogP contribution is -2.52. The standard InChI is InChI=1S/C14H25N3O3S/c1-3-15-10-13-6-4-5-9-17(13)21(18,19)16-11-14-8-7-12(2)20-14/h7-8,13,15-16H,3-6,9-11H2,1-2H3. The third-order valence-electron chi connectivity index (χ3n) is 3.74. The summed E-state index contributed by atoms with van der Waals surface area (Å²) in [5.41, 5.74) is 0. The summed E-state index contributed by atoms with van der Waals surface area (Å²) in [4.78, 5) is 0. The van der Waals surface area contributed by atoms with Gasteiger partial charge in [-0.1, -0.05) is 13.3 Å². The topological polar surface area (TPSA) is 74.6 Å². The van der Waals surface area contributed by atoms with E-state index in [1.165, 1.54) is 0 Å². The second-order valence-electron chi connectivity index (χ2n) is 5.41. The van der Waals surface area contributed by atoms with Crippen LogP contribution in [0.4, 0.5) is 0 Å². The zero-order valence-electron chi connectivity index (χ0n) is 12.8. The first-order chi connectivity index (χ1) is 10.0. The predicted molar refractivity (Wildman–Crippen MR) is 82.1 cm³/mol. The highest BCUT2D eigenvalue weighted by molar-refractivity contribution is 7.87. The Labute approximate surface area is 127 Å². The number of rotatable bonds is 7. The molecule has 2 N–H and O–H groups in total. The second-order valence-corrected chi connectivity index (χ2v) is 7.11. The first-order valence-corrected chi connectivity index (χ1v) is 8.99. The van der Waals surface area contributed by atoms with Crippen LogP contribution in [0, 0.1) is 6.92 Å². The van der Waals surface area contributed by atoms with Gasteiger partial charge in [0, 0.05) is 19.1 Å². The van der Waals surface area contributed by atoms with Crippen molar-refractivity contribution in [3.8, 4) is 0 Å². The van der Waals surface area contributed by atoms with Crippen LogP contribution in [0.5, 0.6) is 0 Å². The molecule has 0 aliphatic carbocycles. The molecule has 0 amide bonds. The van der Waals surface area contributed by atoms with E-state index in [4.69, 9.17) is 4.42 Å². The first-order valence-electron chi connectivity index (χ1n) is 7.55. The molecule has 0 saturated carbocycles. The highest BCUT2D eigenvalue weighted by Crippen LogP contribution is 2.19.